The maximum Gasteiger partial charge on any atom is -0.00470 e. The molecule has 14 heavy (non-hydrogen) atoms. The Balaban J connectivity index is 2.33. The Morgan fingerprint density at radius 2 is 1.79 bits per heavy atom. The Morgan fingerprint density at radius 3 is 2.29 bits per heavy atom. The molecule has 0 spiro atoms. The van der Waals surface area contributed by atoms with E-state index < -0.39 is 0 Å². The summed E-state index contributed by atoms with van der Waals surface area (Å²) in [4.78, 5) is 0. The van der Waals surface area contributed by atoms with E-state index in [-0.39, 0.29) is 0 Å². The molecule has 0 nitrogen and oxygen atoms in total. The van der Waals surface area contributed by atoms with Crippen LogP contribution >= 0.6 is 0 Å². The highest BCUT2D eigenvalue weighted by Gasteiger charge is 2.40. The molecule has 0 radical (unpaired) electrons. The number of hydrogen-bond acceptors (Lipinski definition) is 0. The molecule has 1 aliphatic carbocycles. The Kier molecular flexibility index (Phi) is 2.38. The summed E-state index contributed by atoms with van der Waals surface area (Å²) in [6.45, 7) is 7.21. The monoisotopic (exact) mass is 188 g/mol. The Bertz CT molecular complexity index is 301. The lowest BCUT2D eigenvalue weighted by Gasteiger charge is -2.30. The van der Waals surface area contributed by atoms with Gasteiger partial charge in [0.15, 0.2) is 0 Å². The van der Waals surface area contributed by atoms with Gasteiger partial charge in [0, 0.05) is 0 Å². The molecule has 0 N–H and O–H groups in total. The summed E-state index contributed by atoms with van der Waals surface area (Å²) in [6.07, 6.45) is 2.73. The largest absolute Gasteiger partial charge is 0.0625 e. The van der Waals surface area contributed by atoms with E-state index in [1.165, 1.54) is 18.4 Å². The highest BCUT2D eigenvalue weighted by Crippen LogP contribution is 2.47. The Morgan fingerprint density at radius 1 is 1.14 bits per heavy atom. The van der Waals surface area contributed by atoms with Crippen molar-refractivity contribution in [2.24, 2.45) is 11.8 Å². The molecule has 0 heterocycles. The Labute approximate surface area is 87.3 Å². The summed E-state index contributed by atoms with van der Waals surface area (Å²) in [5, 5.41) is 0. The van der Waals surface area contributed by atoms with Gasteiger partial charge >= 0.3 is 0 Å². The molecule has 1 saturated carbocycles. The third kappa shape index (κ3) is 1.47. The summed E-state index contributed by atoms with van der Waals surface area (Å²) in [7, 11) is 0. The molecule has 1 fully saturated rings. The van der Waals surface area contributed by atoms with Crippen molar-refractivity contribution in [3.63, 3.8) is 0 Å². The van der Waals surface area contributed by atoms with Crippen molar-refractivity contribution in [2.75, 3.05) is 0 Å². The van der Waals surface area contributed by atoms with Gasteiger partial charge < -0.3 is 0 Å². The van der Waals surface area contributed by atoms with Crippen LogP contribution in [-0.2, 0) is 5.41 Å². The molecule has 0 aliphatic heterocycles. The quantitative estimate of drug-likeness (QED) is 0.624. The van der Waals surface area contributed by atoms with E-state index in [2.05, 4.69) is 51.1 Å². The predicted octanol–water partition coefficient (Wildman–Crippen LogP) is 4.01. The van der Waals surface area contributed by atoms with Crippen LogP contribution in [-0.4, -0.2) is 0 Å². The van der Waals surface area contributed by atoms with Gasteiger partial charge in [0.05, 0.1) is 0 Å². The molecule has 3 unspecified atom stereocenters. The lowest BCUT2D eigenvalue weighted by atomic mass is 9.75. The van der Waals surface area contributed by atoms with E-state index in [9.17, 15) is 0 Å². The van der Waals surface area contributed by atoms with Crippen LogP contribution in [0.25, 0.3) is 0 Å². The third-order valence-corrected chi connectivity index (χ3v) is 4.05. The molecule has 0 bridgehead atoms. The van der Waals surface area contributed by atoms with Crippen molar-refractivity contribution in [1.29, 1.82) is 0 Å². The average Bonchev–Trinajstić information content (AvgIpc) is 2.43. The summed E-state index contributed by atoms with van der Waals surface area (Å²) in [5.74, 6) is 1.70. The van der Waals surface area contributed by atoms with Gasteiger partial charge in [-0.1, -0.05) is 51.1 Å². The maximum absolute atomic E-state index is 2.43. The normalized spacial score (nSPS) is 37.4. The molecule has 76 valence electrons. The fraction of sp³-hybridized carbons (Fsp3) is 0.571. The van der Waals surface area contributed by atoms with E-state index in [4.69, 9.17) is 0 Å². The zero-order valence-corrected chi connectivity index (χ0v) is 9.46. The van der Waals surface area contributed by atoms with Gasteiger partial charge in [0.1, 0.15) is 0 Å². The highest BCUT2D eigenvalue weighted by molar-refractivity contribution is 5.26. The minimum Gasteiger partial charge on any atom is -0.0625 e. The lowest BCUT2D eigenvalue weighted by Crippen LogP contribution is -2.24. The van der Waals surface area contributed by atoms with Crippen LogP contribution in [0.1, 0.15) is 39.2 Å². The fourth-order valence-electron chi connectivity index (χ4n) is 3.09. The standard InChI is InChI=1S/C14H20/c1-11-9-12(2)14(3,10-11)13-7-5-4-6-8-13/h4-8,11-12H,9-10H2,1-3H3. The van der Waals surface area contributed by atoms with E-state index in [0.717, 1.165) is 11.8 Å². The molecule has 0 aromatic heterocycles. The van der Waals surface area contributed by atoms with Crippen LogP contribution in [0.3, 0.4) is 0 Å². The van der Waals surface area contributed by atoms with E-state index >= 15 is 0 Å². The summed E-state index contributed by atoms with van der Waals surface area (Å²) in [6, 6.07) is 11.0. The molecule has 3 atom stereocenters. The van der Waals surface area contributed by atoms with Gasteiger partial charge in [0.2, 0.25) is 0 Å². The zero-order chi connectivity index (χ0) is 10.2. The second-order valence-corrected chi connectivity index (χ2v) is 5.23. The van der Waals surface area contributed by atoms with Crippen LogP contribution in [0.4, 0.5) is 0 Å². The van der Waals surface area contributed by atoms with Crippen molar-refractivity contribution in [3.05, 3.63) is 35.9 Å². The van der Waals surface area contributed by atoms with Crippen molar-refractivity contribution >= 4 is 0 Å². The molecule has 1 aliphatic rings. The minimum absolute atomic E-state index is 0.417. The predicted molar refractivity (Wildman–Crippen MR) is 61.4 cm³/mol. The van der Waals surface area contributed by atoms with Gasteiger partial charge in [-0.3, -0.25) is 0 Å². The van der Waals surface area contributed by atoms with Crippen molar-refractivity contribution in [1.82, 2.24) is 0 Å². The second kappa shape index (κ2) is 3.42. The smallest absolute Gasteiger partial charge is 0.00470 e. The van der Waals surface area contributed by atoms with Crippen molar-refractivity contribution < 1.29 is 0 Å². The molecule has 0 heteroatoms. The first-order chi connectivity index (χ1) is 6.63. The molecule has 1 aromatic carbocycles. The van der Waals surface area contributed by atoms with E-state index in [1.807, 2.05) is 0 Å². The third-order valence-electron chi connectivity index (χ3n) is 4.05. The lowest BCUT2D eigenvalue weighted by molar-refractivity contribution is 0.370. The second-order valence-electron chi connectivity index (χ2n) is 5.23. The topological polar surface area (TPSA) is 0 Å². The molecule has 0 amide bonds. The van der Waals surface area contributed by atoms with Crippen LogP contribution in [0.2, 0.25) is 0 Å². The first-order valence-corrected chi connectivity index (χ1v) is 5.68. The first-order valence-electron chi connectivity index (χ1n) is 5.68. The molecular formula is C14H20. The van der Waals surface area contributed by atoms with Gasteiger partial charge in [-0.2, -0.15) is 0 Å². The average molecular weight is 188 g/mol. The number of rotatable bonds is 1. The maximum atomic E-state index is 2.43. The number of benzene rings is 1. The number of hydrogen-bond donors (Lipinski definition) is 0. The Hall–Kier alpha value is -0.780. The summed E-state index contributed by atoms with van der Waals surface area (Å²) in [5.41, 5.74) is 1.94. The first kappa shape index (κ1) is 9.76. The van der Waals surface area contributed by atoms with Crippen LogP contribution in [0.5, 0.6) is 0 Å². The van der Waals surface area contributed by atoms with Gasteiger partial charge in [-0.25, -0.2) is 0 Å². The fourth-order valence-corrected chi connectivity index (χ4v) is 3.09. The van der Waals surface area contributed by atoms with Gasteiger partial charge in [-0.05, 0) is 35.7 Å². The molecule has 1 aromatic rings. The minimum atomic E-state index is 0.417. The summed E-state index contributed by atoms with van der Waals surface area (Å²) >= 11 is 0. The van der Waals surface area contributed by atoms with Crippen LogP contribution in [0, 0.1) is 11.8 Å². The molecular weight excluding hydrogens is 168 g/mol. The SMILES string of the molecule is CC1CC(C)C(C)(c2ccccc2)C1. The summed E-state index contributed by atoms with van der Waals surface area (Å²) < 4.78 is 0. The van der Waals surface area contributed by atoms with Gasteiger partial charge in [-0.15, -0.1) is 0 Å². The van der Waals surface area contributed by atoms with Crippen LogP contribution in [0.15, 0.2) is 30.3 Å². The zero-order valence-electron chi connectivity index (χ0n) is 9.46. The van der Waals surface area contributed by atoms with Crippen molar-refractivity contribution in [3.8, 4) is 0 Å². The molecule has 0 saturated heterocycles. The van der Waals surface area contributed by atoms with Crippen molar-refractivity contribution in [2.45, 2.75) is 39.0 Å². The van der Waals surface area contributed by atoms with Gasteiger partial charge in [0.25, 0.3) is 0 Å². The van der Waals surface area contributed by atoms with E-state index in [0.29, 0.717) is 5.41 Å². The molecule has 2 rings (SSSR count). The van der Waals surface area contributed by atoms with Crippen LogP contribution < -0.4 is 0 Å². The highest BCUT2D eigenvalue weighted by atomic mass is 14.4. The van der Waals surface area contributed by atoms with E-state index in [1.54, 1.807) is 0 Å².